The molecule has 4 nitrogen and oxygen atoms in total. The van der Waals surface area contributed by atoms with Crippen molar-refractivity contribution in [2.45, 2.75) is 12.5 Å². The van der Waals surface area contributed by atoms with Crippen molar-refractivity contribution in [1.82, 2.24) is 4.90 Å². The van der Waals surface area contributed by atoms with E-state index in [1.807, 2.05) is 23.1 Å². The molecule has 0 bridgehead atoms. The molecule has 0 saturated carbocycles. The number of ether oxygens (including phenoxy) is 2. The number of epoxide rings is 1. The van der Waals surface area contributed by atoms with Gasteiger partial charge in [0.1, 0.15) is 5.75 Å². The summed E-state index contributed by atoms with van der Waals surface area (Å²) in [5.41, 5.74) is 2.45. The van der Waals surface area contributed by atoms with Crippen LogP contribution in [0.1, 0.15) is 12.0 Å². The quantitative estimate of drug-likeness (QED) is 0.776. The monoisotopic (exact) mass is 259 g/mol. The normalized spacial score (nSPS) is 21.8. The summed E-state index contributed by atoms with van der Waals surface area (Å²) >= 11 is 0. The Bertz CT molecular complexity index is 520. The summed E-state index contributed by atoms with van der Waals surface area (Å²) < 4.78 is 10.3. The van der Waals surface area contributed by atoms with Gasteiger partial charge in [0, 0.05) is 13.1 Å². The van der Waals surface area contributed by atoms with Crippen LogP contribution in [-0.4, -0.2) is 43.7 Å². The minimum atomic E-state index is -0.174. The van der Waals surface area contributed by atoms with Gasteiger partial charge < -0.3 is 14.4 Å². The summed E-state index contributed by atoms with van der Waals surface area (Å²) in [5, 5.41) is 0. The number of carbonyl (C=O) groups excluding carboxylic acids is 1. The van der Waals surface area contributed by atoms with E-state index in [4.69, 9.17) is 9.47 Å². The van der Waals surface area contributed by atoms with Crippen LogP contribution < -0.4 is 4.74 Å². The van der Waals surface area contributed by atoms with E-state index in [0.29, 0.717) is 13.2 Å². The number of nitrogens with zero attached hydrogens (tertiary/aromatic N) is 1. The molecule has 1 amide bonds. The maximum Gasteiger partial charge on any atom is 0.254 e. The topological polar surface area (TPSA) is 42.1 Å². The van der Waals surface area contributed by atoms with E-state index in [0.717, 1.165) is 18.7 Å². The van der Waals surface area contributed by atoms with E-state index in [-0.39, 0.29) is 12.0 Å². The zero-order valence-corrected chi connectivity index (χ0v) is 11.0. The Balaban J connectivity index is 1.71. The number of hydrogen-bond donors (Lipinski definition) is 0. The third-order valence-corrected chi connectivity index (χ3v) is 3.57. The van der Waals surface area contributed by atoms with Gasteiger partial charge in [-0.1, -0.05) is 18.2 Å². The fourth-order valence-corrected chi connectivity index (χ4v) is 2.35. The van der Waals surface area contributed by atoms with Gasteiger partial charge in [-0.05, 0) is 29.7 Å². The minimum Gasteiger partial charge on any atom is -0.497 e. The van der Waals surface area contributed by atoms with Crippen LogP contribution in [0, 0.1) is 0 Å². The Morgan fingerprint density at radius 3 is 2.95 bits per heavy atom. The standard InChI is InChI=1S/C15H17NO3/c1-18-13-4-2-3-12(9-13)11-5-7-16(8-6-11)15(17)14-10-19-14/h2-5,9,14H,6-8,10H2,1H3. The molecule has 1 aromatic rings. The van der Waals surface area contributed by atoms with Gasteiger partial charge in [-0.3, -0.25) is 4.79 Å². The number of methoxy groups -OCH3 is 1. The van der Waals surface area contributed by atoms with Crippen molar-refractivity contribution in [3.05, 3.63) is 35.9 Å². The van der Waals surface area contributed by atoms with Gasteiger partial charge in [0.25, 0.3) is 5.91 Å². The molecule has 1 unspecified atom stereocenters. The fraction of sp³-hybridized carbons (Fsp3) is 0.400. The molecular formula is C15H17NO3. The number of amides is 1. The van der Waals surface area contributed by atoms with Crippen molar-refractivity contribution in [1.29, 1.82) is 0 Å². The molecule has 2 heterocycles. The van der Waals surface area contributed by atoms with Crippen LogP contribution in [0.15, 0.2) is 30.3 Å². The Hall–Kier alpha value is -1.81. The second kappa shape index (κ2) is 5.05. The van der Waals surface area contributed by atoms with Crippen molar-refractivity contribution in [3.63, 3.8) is 0 Å². The summed E-state index contributed by atoms with van der Waals surface area (Å²) in [5.74, 6) is 0.990. The molecule has 0 aromatic heterocycles. The minimum absolute atomic E-state index is 0.126. The average Bonchev–Trinajstić information content (AvgIpc) is 3.31. The van der Waals surface area contributed by atoms with E-state index in [2.05, 4.69) is 12.1 Å². The lowest BCUT2D eigenvalue weighted by atomic mass is 9.99. The van der Waals surface area contributed by atoms with Crippen molar-refractivity contribution in [2.24, 2.45) is 0 Å². The van der Waals surface area contributed by atoms with Crippen LogP contribution in [0.25, 0.3) is 5.57 Å². The predicted molar refractivity (Wildman–Crippen MR) is 71.9 cm³/mol. The summed E-state index contributed by atoms with van der Waals surface area (Å²) in [6.45, 7) is 2.02. The van der Waals surface area contributed by atoms with E-state index >= 15 is 0 Å². The highest BCUT2D eigenvalue weighted by Crippen LogP contribution is 2.26. The molecule has 1 atom stereocenters. The first kappa shape index (κ1) is 12.2. The third kappa shape index (κ3) is 2.63. The van der Waals surface area contributed by atoms with Crippen molar-refractivity contribution in [2.75, 3.05) is 26.8 Å². The molecule has 1 aromatic carbocycles. The number of carbonyl (C=O) groups is 1. The Morgan fingerprint density at radius 1 is 1.47 bits per heavy atom. The van der Waals surface area contributed by atoms with Crippen LogP contribution in [0.2, 0.25) is 0 Å². The highest BCUT2D eigenvalue weighted by atomic mass is 16.6. The summed E-state index contributed by atoms with van der Waals surface area (Å²) in [4.78, 5) is 13.7. The molecule has 2 aliphatic heterocycles. The lowest BCUT2D eigenvalue weighted by molar-refractivity contribution is -0.132. The molecule has 3 rings (SSSR count). The van der Waals surface area contributed by atoms with Crippen LogP contribution in [0.3, 0.4) is 0 Å². The number of hydrogen-bond acceptors (Lipinski definition) is 3. The van der Waals surface area contributed by atoms with E-state index in [1.165, 1.54) is 11.1 Å². The summed E-state index contributed by atoms with van der Waals surface area (Å²) in [6.07, 6.45) is 2.83. The first-order chi connectivity index (χ1) is 9.28. The average molecular weight is 259 g/mol. The SMILES string of the molecule is COc1cccc(C2=CCN(C(=O)C3CO3)CC2)c1. The van der Waals surface area contributed by atoms with Crippen LogP contribution >= 0.6 is 0 Å². The van der Waals surface area contributed by atoms with Crippen LogP contribution in [-0.2, 0) is 9.53 Å². The zero-order chi connectivity index (χ0) is 13.2. The first-order valence-electron chi connectivity index (χ1n) is 6.52. The van der Waals surface area contributed by atoms with Gasteiger partial charge in [0.15, 0.2) is 6.10 Å². The van der Waals surface area contributed by atoms with E-state index in [1.54, 1.807) is 7.11 Å². The lowest BCUT2D eigenvalue weighted by Gasteiger charge is -2.26. The molecule has 2 aliphatic rings. The second-order valence-corrected chi connectivity index (χ2v) is 4.82. The second-order valence-electron chi connectivity index (χ2n) is 4.82. The van der Waals surface area contributed by atoms with Gasteiger partial charge in [-0.2, -0.15) is 0 Å². The fourth-order valence-electron chi connectivity index (χ4n) is 2.35. The van der Waals surface area contributed by atoms with Crippen molar-refractivity contribution < 1.29 is 14.3 Å². The molecule has 19 heavy (non-hydrogen) atoms. The zero-order valence-electron chi connectivity index (χ0n) is 11.0. The van der Waals surface area contributed by atoms with Crippen molar-refractivity contribution in [3.8, 4) is 5.75 Å². The van der Waals surface area contributed by atoms with Crippen LogP contribution in [0.5, 0.6) is 5.75 Å². The molecule has 0 spiro atoms. The largest absolute Gasteiger partial charge is 0.497 e. The van der Waals surface area contributed by atoms with Gasteiger partial charge in [-0.25, -0.2) is 0 Å². The molecule has 1 fully saturated rings. The van der Waals surface area contributed by atoms with E-state index in [9.17, 15) is 4.79 Å². The smallest absolute Gasteiger partial charge is 0.254 e. The van der Waals surface area contributed by atoms with Gasteiger partial charge in [-0.15, -0.1) is 0 Å². The van der Waals surface area contributed by atoms with E-state index < -0.39 is 0 Å². The van der Waals surface area contributed by atoms with Gasteiger partial charge in [0.05, 0.1) is 13.7 Å². The highest BCUT2D eigenvalue weighted by Gasteiger charge is 2.35. The molecule has 0 N–H and O–H groups in total. The van der Waals surface area contributed by atoms with Gasteiger partial charge in [0.2, 0.25) is 0 Å². The Kier molecular flexibility index (Phi) is 3.25. The Morgan fingerprint density at radius 2 is 2.32 bits per heavy atom. The lowest BCUT2D eigenvalue weighted by Crippen LogP contribution is -2.37. The van der Waals surface area contributed by atoms with Crippen molar-refractivity contribution >= 4 is 11.5 Å². The molecule has 100 valence electrons. The predicted octanol–water partition coefficient (Wildman–Crippen LogP) is 1.71. The highest BCUT2D eigenvalue weighted by molar-refractivity contribution is 5.84. The first-order valence-corrected chi connectivity index (χ1v) is 6.52. The van der Waals surface area contributed by atoms with Gasteiger partial charge >= 0.3 is 0 Å². The molecular weight excluding hydrogens is 242 g/mol. The molecule has 4 heteroatoms. The maximum absolute atomic E-state index is 11.9. The van der Waals surface area contributed by atoms with Crippen LogP contribution in [0.4, 0.5) is 0 Å². The number of rotatable bonds is 3. The third-order valence-electron chi connectivity index (χ3n) is 3.57. The number of benzene rings is 1. The maximum atomic E-state index is 11.9. The summed E-state index contributed by atoms with van der Waals surface area (Å²) in [6, 6.07) is 8.04. The molecule has 1 saturated heterocycles. The molecule has 0 radical (unpaired) electrons. The Labute approximate surface area is 112 Å². The molecule has 0 aliphatic carbocycles. The summed E-state index contributed by atoms with van der Waals surface area (Å²) in [7, 11) is 1.67.